The Balaban J connectivity index is 1.67. The van der Waals surface area contributed by atoms with Crippen molar-refractivity contribution in [2.45, 2.75) is 12.7 Å². The normalized spacial score (nSPS) is 17.5. The van der Waals surface area contributed by atoms with Gasteiger partial charge in [-0.1, -0.05) is 30.3 Å². The minimum atomic E-state index is -2.94. The number of carbonyl (C=O) groups is 1. The Morgan fingerprint density at radius 2 is 1.93 bits per heavy atom. The lowest BCUT2D eigenvalue weighted by atomic mass is 10.1. The summed E-state index contributed by atoms with van der Waals surface area (Å²) in [5.74, 6) is -0.602. The molecule has 2 aromatic carbocycles. The highest BCUT2D eigenvalue weighted by atomic mass is 19.3. The fraction of sp³-hybridized carbons (Fsp3) is 0.250. The van der Waals surface area contributed by atoms with E-state index >= 15 is 0 Å². The van der Waals surface area contributed by atoms with E-state index in [9.17, 15) is 18.0 Å². The van der Waals surface area contributed by atoms with Crippen molar-refractivity contribution < 1.29 is 27.4 Å². The number of halogens is 3. The molecule has 27 heavy (non-hydrogen) atoms. The second-order valence-electron chi connectivity index (χ2n) is 5.94. The van der Waals surface area contributed by atoms with Crippen molar-refractivity contribution in [3.8, 4) is 5.75 Å². The first-order valence-electron chi connectivity index (χ1n) is 8.41. The molecule has 2 aromatic rings. The Morgan fingerprint density at radius 3 is 2.67 bits per heavy atom. The van der Waals surface area contributed by atoms with Crippen LogP contribution in [-0.2, 0) is 9.53 Å². The molecular weight excluding hydrogens is 359 g/mol. The number of para-hydroxylation sites is 1. The van der Waals surface area contributed by atoms with Gasteiger partial charge in [0, 0.05) is 18.2 Å². The lowest BCUT2D eigenvalue weighted by Crippen LogP contribution is -2.41. The fourth-order valence-corrected chi connectivity index (χ4v) is 2.82. The molecule has 0 bridgehead atoms. The maximum atomic E-state index is 13.1. The minimum absolute atomic E-state index is 0.00252. The molecule has 1 aliphatic heterocycles. The molecule has 3 rings (SSSR count). The van der Waals surface area contributed by atoms with Crippen molar-refractivity contribution >= 4 is 12.0 Å². The van der Waals surface area contributed by atoms with Crippen molar-refractivity contribution in [3.05, 3.63) is 71.6 Å². The van der Waals surface area contributed by atoms with Gasteiger partial charge in [0.2, 0.25) is 5.91 Å². The summed E-state index contributed by atoms with van der Waals surface area (Å²) in [4.78, 5) is 14.1. The molecule has 0 spiro atoms. The van der Waals surface area contributed by atoms with Gasteiger partial charge in [0.1, 0.15) is 17.7 Å². The summed E-state index contributed by atoms with van der Waals surface area (Å²) < 4.78 is 48.1. The number of ether oxygens (including phenoxy) is 2. The summed E-state index contributed by atoms with van der Waals surface area (Å²) in [5.41, 5.74) is 1.17. The van der Waals surface area contributed by atoms with Gasteiger partial charge in [-0.15, -0.1) is 0 Å². The first-order valence-corrected chi connectivity index (χ1v) is 8.41. The zero-order chi connectivity index (χ0) is 19.2. The predicted octanol–water partition coefficient (Wildman–Crippen LogP) is 4.04. The van der Waals surface area contributed by atoms with E-state index < -0.39 is 6.61 Å². The van der Waals surface area contributed by atoms with E-state index in [0.717, 1.165) is 5.56 Å². The third-order valence-corrected chi connectivity index (χ3v) is 4.16. The molecule has 0 N–H and O–H groups in total. The van der Waals surface area contributed by atoms with E-state index in [1.165, 1.54) is 30.4 Å². The molecule has 1 heterocycles. The van der Waals surface area contributed by atoms with Gasteiger partial charge in [-0.05, 0) is 29.8 Å². The van der Waals surface area contributed by atoms with Crippen LogP contribution in [0.25, 0.3) is 6.08 Å². The standard InChI is InChI=1S/C20H18F3NO3/c21-16-8-5-15(6-9-16)18-13-24(11-12-26-18)19(25)10-7-14-3-1-2-4-17(14)27-20(22)23/h1-10,18,20H,11-13H2/b10-7+. The van der Waals surface area contributed by atoms with E-state index in [0.29, 0.717) is 25.3 Å². The Labute approximate surface area is 154 Å². The van der Waals surface area contributed by atoms with Gasteiger partial charge in [0.15, 0.2) is 0 Å². The summed E-state index contributed by atoms with van der Waals surface area (Å²) >= 11 is 0. The first kappa shape index (κ1) is 19.0. The van der Waals surface area contributed by atoms with Crippen LogP contribution < -0.4 is 4.74 Å². The molecule has 0 aromatic heterocycles. The lowest BCUT2D eigenvalue weighted by molar-refractivity contribution is -0.133. The number of amides is 1. The molecule has 1 atom stereocenters. The van der Waals surface area contributed by atoms with Crippen LogP contribution in [0.5, 0.6) is 5.75 Å². The zero-order valence-corrected chi connectivity index (χ0v) is 14.4. The van der Waals surface area contributed by atoms with E-state index in [1.807, 2.05) is 0 Å². The molecule has 0 saturated carbocycles. The Kier molecular flexibility index (Phi) is 6.13. The molecule has 4 nitrogen and oxygen atoms in total. The van der Waals surface area contributed by atoms with E-state index in [2.05, 4.69) is 4.74 Å². The molecule has 0 radical (unpaired) electrons. The summed E-state index contributed by atoms with van der Waals surface area (Å²) in [6, 6.07) is 12.2. The summed E-state index contributed by atoms with van der Waals surface area (Å²) in [5, 5.41) is 0. The highest BCUT2D eigenvalue weighted by Gasteiger charge is 2.24. The van der Waals surface area contributed by atoms with Gasteiger partial charge >= 0.3 is 6.61 Å². The molecule has 7 heteroatoms. The number of hydrogen-bond acceptors (Lipinski definition) is 3. The Hall–Kier alpha value is -2.80. The third-order valence-electron chi connectivity index (χ3n) is 4.16. The summed E-state index contributed by atoms with van der Waals surface area (Å²) in [6.45, 7) is -1.85. The van der Waals surface area contributed by atoms with E-state index in [1.54, 1.807) is 35.2 Å². The molecule has 1 aliphatic rings. The number of benzene rings is 2. The van der Waals surface area contributed by atoms with Crippen LogP contribution in [0.2, 0.25) is 0 Å². The quantitative estimate of drug-likeness (QED) is 0.739. The molecule has 0 aliphatic carbocycles. The van der Waals surface area contributed by atoms with Crippen molar-refractivity contribution in [1.82, 2.24) is 4.90 Å². The summed E-state index contributed by atoms with van der Waals surface area (Å²) in [6.07, 6.45) is 2.43. The van der Waals surface area contributed by atoms with Crippen molar-refractivity contribution in [3.63, 3.8) is 0 Å². The highest BCUT2D eigenvalue weighted by molar-refractivity contribution is 5.92. The van der Waals surface area contributed by atoms with Crippen LogP contribution in [0.15, 0.2) is 54.6 Å². The zero-order valence-electron chi connectivity index (χ0n) is 14.4. The lowest BCUT2D eigenvalue weighted by Gasteiger charge is -2.32. The predicted molar refractivity (Wildman–Crippen MR) is 93.8 cm³/mol. The fourth-order valence-electron chi connectivity index (χ4n) is 2.82. The largest absolute Gasteiger partial charge is 0.434 e. The molecule has 1 amide bonds. The molecule has 142 valence electrons. The van der Waals surface area contributed by atoms with Crippen LogP contribution >= 0.6 is 0 Å². The van der Waals surface area contributed by atoms with Crippen LogP contribution in [0.3, 0.4) is 0 Å². The smallest absolute Gasteiger partial charge is 0.387 e. The first-order chi connectivity index (χ1) is 13.0. The van der Waals surface area contributed by atoms with E-state index in [-0.39, 0.29) is 23.6 Å². The third kappa shape index (κ3) is 5.10. The van der Waals surface area contributed by atoms with Gasteiger partial charge in [-0.3, -0.25) is 4.79 Å². The van der Waals surface area contributed by atoms with E-state index in [4.69, 9.17) is 4.74 Å². The summed E-state index contributed by atoms with van der Waals surface area (Å²) in [7, 11) is 0. The number of carbonyl (C=O) groups excluding carboxylic acids is 1. The second kappa shape index (κ2) is 8.73. The minimum Gasteiger partial charge on any atom is -0.434 e. The maximum absolute atomic E-state index is 13.1. The van der Waals surface area contributed by atoms with Gasteiger partial charge in [0.25, 0.3) is 0 Å². The van der Waals surface area contributed by atoms with Crippen LogP contribution in [0.1, 0.15) is 17.2 Å². The number of hydrogen-bond donors (Lipinski definition) is 0. The Morgan fingerprint density at radius 1 is 1.19 bits per heavy atom. The second-order valence-corrected chi connectivity index (χ2v) is 5.94. The monoisotopic (exact) mass is 377 g/mol. The SMILES string of the molecule is O=C(/C=C/c1ccccc1OC(F)F)N1CCOC(c2ccc(F)cc2)C1. The van der Waals surface area contributed by atoms with Crippen LogP contribution in [0.4, 0.5) is 13.2 Å². The highest BCUT2D eigenvalue weighted by Crippen LogP contribution is 2.24. The number of alkyl halides is 2. The topological polar surface area (TPSA) is 38.8 Å². The van der Waals surface area contributed by atoms with Crippen LogP contribution in [0, 0.1) is 5.82 Å². The van der Waals surface area contributed by atoms with Gasteiger partial charge in [-0.2, -0.15) is 8.78 Å². The number of nitrogens with zero attached hydrogens (tertiary/aromatic N) is 1. The molecule has 1 unspecified atom stereocenters. The average molecular weight is 377 g/mol. The Bertz CT molecular complexity index is 808. The molecule has 1 fully saturated rings. The van der Waals surface area contributed by atoms with Gasteiger partial charge < -0.3 is 14.4 Å². The molecule has 1 saturated heterocycles. The molecular formula is C20H18F3NO3. The number of rotatable bonds is 5. The van der Waals surface area contributed by atoms with Gasteiger partial charge in [0.05, 0.1) is 13.2 Å². The maximum Gasteiger partial charge on any atom is 0.387 e. The van der Waals surface area contributed by atoms with Gasteiger partial charge in [-0.25, -0.2) is 4.39 Å². The van der Waals surface area contributed by atoms with Crippen molar-refractivity contribution in [2.75, 3.05) is 19.7 Å². The van der Waals surface area contributed by atoms with Crippen LogP contribution in [-0.4, -0.2) is 37.1 Å². The average Bonchev–Trinajstić information content (AvgIpc) is 2.67. The van der Waals surface area contributed by atoms with Crippen molar-refractivity contribution in [2.24, 2.45) is 0 Å². The van der Waals surface area contributed by atoms with Crippen molar-refractivity contribution in [1.29, 1.82) is 0 Å². The number of morpholine rings is 1.